The summed E-state index contributed by atoms with van der Waals surface area (Å²) in [6, 6.07) is 27.8. The van der Waals surface area contributed by atoms with Crippen molar-refractivity contribution in [2.75, 3.05) is 0 Å². The van der Waals surface area contributed by atoms with Crippen molar-refractivity contribution in [1.82, 2.24) is 4.57 Å². The summed E-state index contributed by atoms with van der Waals surface area (Å²) in [4.78, 5) is 14.7. The molecule has 5 rings (SSSR count). The Labute approximate surface area is 214 Å². The van der Waals surface area contributed by atoms with Gasteiger partial charge in [0.2, 0.25) is 0 Å². The van der Waals surface area contributed by atoms with E-state index in [-0.39, 0.29) is 16.4 Å². The topological polar surface area (TPSA) is 22.0 Å². The van der Waals surface area contributed by atoms with Crippen LogP contribution < -0.4 is 0 Å². The highest BCUT2D eigenvalue weighted by Gasteiger charge is 2.44. The number of hydrogen-bond acceptors (Lipinski definition) is 2. The van der Waals surface area contributed by atoms with Crippen LogP contribution in [-0.2, 0) is 0 Å². The summed E-state index contributed by atoms with van der Waals surface area (Å²) < 4.78 is 3.35. The number of ketones is 1. The molecule has 34 heavy (non-hydrogen) atoms. The zero-order valence-corrected chi connectivity index (χ0v) is 22.3. The first-order chi connectivity index (χ1) is 16.2. The van der Waals surface area contributed by atoms with Crippen LogP contribution in [0.15, 0.2) is 88.2 Å². The molecule has 4 aromatic rings. The number of nitrogens with zero attached hydrogens (tertiary/aromatic N) is 1. The standard InChI is InChI=1S/C30H28BrNOS/c1-19-5-9-21(10-6-19)26-17-25-27(33)18-30(3,4)29(34-24-15-7-20(2)8-16-24)28(25)32(26)23-13-11-22(31)12-14-23/h5-17,29H,18H2,1-4H3. The van der Waals surface area contributed by atoms with Gasteiger partial charge in [0.05, 0.1) is 10.9 Å². The highest BCUT2D eigenvalue weighted by molar-refractivity contribution is 9.10. The van der Waals surface area contributed by atoms with Crippen molar-refractivity contribution in [2.45, 2.75) is 44.3 Å². The minimum absolute atomic E-state index is 0.130. The maximum absolute atomic E-state index is 13.5. The first-order valence-corrected chi connectivity index (χ1v) is 13.3. The van der Waals surface area contributed by atoms with Crippen LogP contribution in [0.1, 0.15) is 52.7 Å². The van der Waals surface area contributed by atoms with E-state index < -0.39 is 0 Å². The van der Waals surface area contributed by atoms with Crippen LogP contribution in [0.4, 0.5) is 0 Å². The summed E-state index contributed by atoms with van der Waals surface area (Å²) in [6.45, 7) is 8.67. The lowest BCUT2D eigenvalue weighted by Gasteiger charge is -2.38. The molecule has 1 unspecified atom stereocenters. The Morgan fingerprint density at radius 2 is 1.47 bits per heavy atom. The van der Waals surface area contributed by atoms with Gasteiger partial charge in [-0.1, -0.05) is 77.3 Å². The molecule has 0 fully saturated rings. The van der Waals surface area contributed by atoms with E-state index in [9.17, 15) is 4.79 Å². The number of aromatic nitrogens is 1. The van der Waals surface area contributed by atoms with Crippen molar-refractivity contribution < 1.29 is 4.79 Å². The third kappa shape index (κ3) is 4.30. The molecule has 2 nitrogen and oxygen atoms in total. The largest absolute Gasteiger partial charge is 0.312 e. The Bertz CT molecular complexity index is 1350. The molecule has 0 saturated heterocycles. The number of hydrogen-bond donors (Lipinski definition) is 0. The van der Waals surface area contributed by atoms with E-state index in [4.69, 9.17) is 0 Å². The number of aryl methyl sites for hydroxylation is 2. The number of benzene rings is 3. The number of rotatable bonds is 4. The summed E-state index contributed by atoms with van der Waals surface area (Å²) in [5.41, 5.74) is 7.49. The van der Waals surface area contributed by atoms with Crippen LogP contribution in [0.3, 0.4) is 0 Å². The van der Waals surface area contributed by atoms with E-state index in [1.54, 1.807) is 0 Å². The van der Waals surface area contributed by atoms with E-state index in [0.717, 1.165) is 32.7 Å². The van der Waals surface area contributed by atoms with Crippen molar-refractivity contribution >= 4 is 33.5 Å². The fourth-order valence-corrected chi connectivity index (χ4v) is 6.33. The Kier molecular flexibility index (Phi) is 6.07. The smallest absolute Gasteiger partial charge is 0.165 e. The number of fused-ring (bicyclic) bond motifs is 1. The van der Waals surface area contributed by atoms with E-state index in [1.807, 2.05) is 11.8 Å². The van der Waals surface area contributed by atoms with Crippen molar-refractivity contribution in [3.05, 3.63) is 106 Å². The second kappa shape index (κ2) is 8.90. The molecule has 0 N–H and O–H groups in total. The minimum atomic E-state index is -0.185. The number of thioether (sulfide) groups is 1. The van der Waals surface area contributed by atoms with Crippen LogP contribution >= 0.6 is 27.7 Å². The molecule has 0 saturated carbocycles. The molecule has 0 aliphatic heterocycles. The highest BCUT2D eigenvalue weighted by atomic mass is 79.9. The molecule has 1 aliphatic rings. The van der Waals surface area contributed by atoms with E-state index in [2.05, 4.69) is 127 Å². The average molecular weight is 531 g/mol. The molecular formula is C30H28BrNOS. The minimum Gasteiger partial charge on any atom is -0.312 e. The highest BCUT2D eigenvalue weighted by Crippen LogP contribution is 2.55. The Morgan fingerprint density at radius 3 is 2.09 bits per heavy atom. The Balaban J connectivity index is 1.76. The maximum atomic E-state index is 13.5. The molecule has 3 aromatic carbocycles. The first-order valence-electron chi connectivity index (χ1n) is 11.6. The molecule has 0 bridgehead atoms. The summed E-state index contributed by atoms with van der Waals surface area (Å²) >= 11 is 5.44. The second-order valence-electron chi connectivity index (χ2n) is 9.91. The monoisotopic (exact) mass is 529 g/mol. The summed E-state index contributed by atoms with van der Waals surface area (Å²) in [6.07, 6.45) is 0.543. The quantitative estimate of drug-likeness (QED) is 0.263. The average Bonchev–Trinajstić information content (AvgIpc) is 3.19. The molecular weight excluding hydrogens is 502 g/mol. The third-order valence-corrected chi connectivity index (χ3v) is 8.79. The van der Waals surface area contributed by atoms with Gasteiger partial charge in [-0.2, -0.15) is 0 Å². The summed E-state index contributed by atoms with van der Waals surface area (Å²) in [7, 11) is 0. The van der Waals surface area contributed by atoms with Gasteiger partial charge in [0.15, 0.2) is 5.78 Å². The van der Waals surface area contributed by atoms with Gasteiger partial charge in [-0.3, -0.25) is 4.79 Å². The zero-order valence-electron chi connectivity index (χ0n) is 19.9. The molecule has 0 radical (unpaired) electrons. The fourth-order valence-electron chi connectivity index (χ4n) is 4.75. The van der Waals surface area contributed by atoms with Crippen molar-refractivity contribution in [1.29, 1.82) is 0 Å². The molecule has 1 heterocycles. The van der Waals surface area contributed by atoms with E-state index in [1.165, 1.54) is 16.0 Å². The van der Waals surface area contributed by atoms with Crippen LogP contribution in [0.25, 0.3) is 16.9 Å². The van der Waals surface area contributed by atoms with Crippen LogP contribution in [0.2, 0.25) is 0 Å². The molecule has 1 aromatic heterocycles. The maximum Gasteiger partial charge on any atom is 0.165 e. The summed E-state index contributed by atoms with van der Waals surface area (Å²) in [5.74, 6) is 0.227. The number of carbonyl (C=O) groups is 1. The van der Waals surface area contributed by atoms with Gasteiger partial charge in [-0.15, -0.1) is 11.8 Å². The molecule has 172 valence electrons. The Morgan fingerprint density at radius 1 is 0.882 bits per heavy atom. The summed E-state index contributed by atoms with van der Waals surface area (Å²) in [5, 5.41) is 0.130. The first kappa shape index (κ1) is 23.2. The lowest BCUT2D eigenvalue weighted by molar-refractivity contribution is 0.0908. The van der Waals surface area contributed by atoms with Crippen LogP contribution in [-0.4, -0.2) is 10.4 Å². The fraction of sp³-hybridized carbons (Fsp3) is 0.233. The Hall–Kier alpha value is -2.56. The molecule has 4 heteroatoms. The van der Waals surface area contributed by atoms with E-state index >= 15 is 0 Å². The van der Waals surface area contributed by atoms with Gasteiger partial charge < -0.3 is 4.57 Å². The number of halogens is 1. The van der Waals surface area contributed by atoms with Crippen molar-refractivity contribution in [3.8, 4) is 16.9 Å². The van der Waals surface area contributed by atoms with Gasteiger partial charge in [0.1, 0.15) is 0 Å². The van der Waals surface area contributed by atoms with Gasteiger partial charge in [0, 0.05) is 32.7 Å². The number of carbonyl (C=O) groups excluding carboxylic acids is 1. The van der Waals surface area contributed by atoms with Gasteiger partial charge in [-0.05, 0) is 67.3 Å². The van der Waals surface area contributed by atoms with Crippen molar-refractivity contribution in [2.24, 2.45) is 5.41 Å². The molecule has 0 amide bonds. The SMILES string of the molecule is Cc1ccc(SC2c3c(cc(-c4ccc(C)cc4)n3-c3ccc(Br)cc3)C(=O)CC2(C)C)cc1. The third-order valence-electron chi connectivity index (χ3n) is 6.62. The zero-order chi connectivity index (χ0) is 24.0. The molecule has 1 atom stereocenters. The lowest BCUT2D eigenvalue weighted by Crippen LogP contribution is -2.31. The van der Waals surface area contributed by atoms with Gasteiger partial charge >= 0.3 is 0 Å². The second-order valence-corrected chi connectivity index (χ2v) is 12.0. The van der Waals surface area contributed by atoms with Crippen LogP contribution in [0, 0.1) is 19.3 Å². The predicted molar refractivity (Wildman–Crippen MR) is 146 cm³/mol. The van der Waals surface area contributed by atoms with Gasteiger partial charge in [-0.25, -0.2) is 0 Å². The number of Topliss-reactive ketones (excluding diaryl/α,β-unsaturated/α-hetero) is 1. The van der Waals surface area contributed by atoms with Crippen LogP contribution in [0.5, 0.6) is 0 Å². The normalized spacial score (nSPS) is 17.0. The van der Waals surface area contributed by atoms with Gasteiger partial charge in [0.25, 0.3) is 0 Å². The predicted octanol–water partition coefficient (Wildman–Crippen LogP) is 8.97. The lowest BCUT2D eigenvalue weighted by atomic mass is 9.75. The van der Waals surface area contributed by atoms with Crippen molar-refractivity contribution in [3.63, 3.8) is 0 Å². The van der Waals surface area contributed by atoms with E-state index in [0.29, 0.717) is 6.42 Å². The molecule has 1 aliphatic carbocycles. The molecule has 0 spiro atoms.